The lowest BCUT2D eigenvalue weighted by molar-refractivity contribution is -0.135. The minimum absolute atomic E-state index is 0.0540. The van der Waals surface area contributed by atoms with Crippen molar-refractivity contribution in [3.8, 4) is 11.5 Å². The smallest absolute Gasteiger partial charge is 0.226 e. The maximum absolute atomic E-state index is 13.0. The van der Waals surface area contributed by atoms with Crippen LogP contribution < -0.4 is 9.47 Å². The van der Waals surface area contributed by atoms with Crippen LogP contribution in [0.2, 0.25) is 0 Å². The monoisotopic (exact) mass is 339 g/mol. The van der Waals surface area contributed by atoms with Gasteiger partial charge in [-0.05, 0) is 48.6 Å². The molecule has 1 atom stereocenters. The number of carbonyl (C=O) groups excluding carboxylic acids is 1. The van der Waals surface area contributed by atoms with Gasteiger partial charge in [0.25, 0.3) is 0 Å². The number of amides is 1. The van der Waals surface area contributed by atoms with Crippen LogP contribution in [0.4, 0.5) is 0 Å². The van der Waals surface area contributed by atoms with Gasteiger partial charge in [0.05, 0.1) is 14.2 Å². The van der Waals surface area contributed by atoms with Crippen molar-refractivity contribution in [1.82, 2.24) is 4.90 Å². The minimum atomic E-state index is -0.0540. The molecule has 0 aromatic heterocycles. The third-order valence-electron chi connectivity index (χ3n) is 4.90. The SMILES string of the molecule is CCN1Cc2cc(OC)c(OC)cc2CC(Cc2ccccc2)C1=O. The van der Waals surface area contributed by atoms with Crippen LogP contribution in [0.1, 0.15) is 23.6 Å². The lowest BCUT2D eigenvalue weighted by Gasteiger charge is -2.23. The van der Waals surface area contributed by atoms with E-state index in [1.165, 1.54) is 11.1 Å². The summed E-state index contributed by atoms with van der Waals surface area (Å²) in [7, 11) is 3.29. The van der Waals surface area contributed by atoms with Gasteiger partial charge in [0.15, 0.2) is 11.5 Å². The molecule has 0 spiro atoms. The second-order valence-electron chi connectivity index (χ2n) is 6.42. The quantitative estimate of drug-likeness (QED) is 0.837. The Labute approximate surface area is 149 Å². The molecule has 132 valence electrons. The number of methoxy groups -OCH3 is 2. The second kappa shape index (κ2) is 7.60. The highest BCUT2D eigenvalue weighted by Crippen LogP contribution is 2.34. The summed E-state index contributed by atoms with van der Waals surface area (Å²) in [5.74, 6) is 1.60. The maximum Gasteiger partial charge on any atom is 0.226 e. The Hall–Kier alpha value is -2.49. The molecule has 25 heavy (non-hydrogen) atoms. The molecule has 0 saturated carbocycles. The highest BCUT2D eigenvalue weighted by atomic mass is 16.5. The van der Waals surface area contributed by atoms with Crippen LogP contribution in [0.3, 0.4) is 0 Å². The molecule has 0 saturated heterocycles. The van der Waals surface area contributed by atoms with E-state index in [4.69, 9.17) is 9.47 Å². The van der Waals surface area contributed by atoms with Crippen molar-refractivity contribution in [2.75, 3.05) is 20.8 Å². The molecule has 4 nitrogen and oxygen atoms in total. The lowest BCUT2D eigenvalue weighted by Crippen LogP contribution is -2.35. The summed E-state index contributed by atoms with van der Waals surface area (Å²) in [4.78, 5) is 15.0. The molecule has 1 amide bonds. The van der Waals surface area contributed by atoms with Crippen LogP contribution >= 0.6 is 0 Å². The van der Waals surface area contributed by atoms with Crippen molar-refractivity contribution in [2.24, 2.45) is 5.92 Å². The molecule has 3 rings (SSSR count). The van der Waals surface area contributed by atoms with E-state index in [1.807, 2.05) is 42.2 Å². The normalized spacial score (nSPS) is 17.0. The van der Waals surface area contributed by atoms with Crippen molar-refractivity contribution in [3.05, 3.63) is 59.2 Å². The Morgan fingerprint density at radius 2 is 1.68 bits per heavy atom. The summed E-state index contributed by atoms with van der Waals surface area (Å²) in [6, 6.07) is 14.3. The first kappa shape index (κ1) is 17.3. The van der Waals surface area contributed by atoms with Crippen molar-refractivity contribution in [1.29, 1.82) is 0 Å². The maximum atomic E-state index is 13.0. The van der Waals surface area contributed by atoms with Crippen LogP contribution in [-0.4, -0.2) is 31.6 Å². The highest BCUT2D eigenvalue weighted by molar-refractivity contribution is 5.80. The van der Waals surface area contributed by atoms with E-state index >= 15 is 0 Å². The molecule has 1 heterocycles. The number of hydrogen-bond donors (Lipinski definition) is 0. The highest BCUT2D eigenvalue weighted by Gasteiger charge is 2.30. The molecule has 0 aliphatic carbocycles. The van der Waals surface area contributed by atoms with Gasteiger partial charge >= 0.3 is 0 Å². The Morgan fingerprint density at radius 3 is 2.28 bits per heavy atom. The van der Waals surface area contributed by atoms with Crippen LogP contribution in [0.25, 0.3) is 0 Å². The van der Waals surface area contributed by atoms with Gasteiger partial charge in [-0.1, -0.05) is 30.3 Å². The molecule has 2 aromatic rings. The largest absolute Gasteiger partial charge is 0.493 e. The van der Waals surface area contributed by atoms with Gasteiger partial charge in [0.1, 0.15) is 0 Å². The van der Waals surface area contributed by atoms with Gasteiger partial charge in [0.2, 0.25) is 5.91 Å². The number of hydrogen-bond acceptors (Lipinski definition) is 3. The molecule has 1 aliphatic rings. The average Bonchev–Trinajstić information content (AvgIpc) is 2.78. The zero-order valence-electron chi connectivity index (χ0n) is 15.1. The van der Waals surface area contributed by atoms with Crippen molar-refractivity contribution in [2.45, 2.75) is 26.3 Å². The van der Waals surface area contributed by atoms with E-state index in [0.29, 0.717) is 18.8 Å². The number of fused-ring (bicyclic) bond motifs is 1. The number of benzene rings is 2. The zero-order chi connectivity index (χ0) is 17.8. The van der Waals surface area contributed by atoms with E-state index in [1.54, 1.807) is 14.2 Å². The Bertz CT molecular complexity index is 742. The molecule has 0 radical (unpaired) electrons. The standard InChI is InChI=1S/C21H25NO3/c1-4-22-14-18-13-20(25-3)19(24-2)12-16(18)11-17(21(22)23)10-15-8-6-5-7-9-15/h5-9,12-13,17H,4,10-11,14H2,1-3H3. The van der Waals surface area contributed by atoms with Crippen LogP contribution in [0, 0.1) is 5.92 Å². The Kier molecular flexibility index (Phi) is 5.27. The third kappa shape index (κ3) is 3.63. The first-order valence-electron chi connectivity index (χ1n) is 8.72. The van der Waals surface area contributed by atoms with Crippen LogP contribution in [-0.2, 0) is 24.2 Å². The fourth-order valence-corrected chi connectivity index (χ4v) is 3.52. The first-order chi connectivity index (χ1) is 12.2. The second-order valence-corrected chi connectivity index (χ2v) is 6.42. The van der Waals surface area contributed by atoms with Crippen LogP contribution in [0.5, 0.6) is 11.5 Å². The molecule has 0 N–H and O–H groups in total. The van der Waals surface area contributed by atoms with Gasteiger partial charge in [-0.3, -0.25) is 4.79 Å². The summed E-state index contributed by atoms with van der Waals surface area (Å²) in [6.07, 6.45) is 1.48. The molecule has 0 bridgehead atoms. The summed E-state index contributed by atoms with van der Waals surface area (Å²) in [5.41, 5.74) is 3.51. The fraction of sp³-hybridized carbons (Fsp3) is 0.381. The van der Waals surface area contributed by atoms with E-state index in [0.717, 1.165) is 24.2 Å². The number of nitrogens with zero attached hydrogens (tertiary/aromatic N) is 1. The minimum Gasteiger partial charge on any atom is -0.493 e. The van der Waals surface area contributed by atoms with Gasteiger partial charge in [-0.25, -0.2) is 0 Å². The van der Waals surface area contributed by atoms with E-state index in [9.17, 15) is 4.79 Å². The third-order valence-corrected chi connectivity index (χ3v) is 4.90. The van der Waals surface area contributed by atoms with Gasteiger partial charge in [-0.2, -0.15) is 0 Å². The van der Waals surface area contributed by atoms with Gasteiger partial charge < -0.3 is 14.4 Å². The predicted octanol–water partition coefficient (Wildman–Crippen LogP) is 3.47. The van der Waals surface area contributed by atoms with Gasteiger partial charge in [0, 0.05) is 19.0 Å². The summed E-state index contributed by atoms with van der Waals surface area (Å²) < 4.78 is 10.9. The van der Waals surface area contributed by atoms with E-state index < -0.39 is 0 Å². The lowest BCUT2D eigenvalue weighted by atomic mass is 9.91. The fourth-order valence-electron chi connectivity index (χ4n) is 3.52. The molecular weight excluding hydrogens is 314 g/mol. The van der Waals surface area contributed by atoms with Crippen molar-refractivity contribution >= 4 is 5.91 Å². The predicted molar refractivity (Wildman–Crippen MR) is 98.0 cm³/mol. The number of ether oxygens (including phenoxy) is 2. The number of carbonyl (C=O) groups is 1. The van der Waals surface area contributed by atoms with Crippen molar-refractivity contribution in [3.63, 3.8) is 0 Å². The van der Waals surface area contributed by atoms with Gasteiger partial charge in [-0.15, -0.1) is 0 Å². The molecule has 1 unspecified atom stereocenters. The molecular formula is C21H25NO3. The summed E-state index contributed by atoms with van der Waals surface area (Å²) in [6.45, 7) is 3.36. The Morgan fingerprint density at radius 1 is 1.04 bits per heavy atom. The van der Waals surface area contributed by atoms with E-state index in [-0.39, 0.29) is 11.8 Å². The molecule has 4 heteroatoms. The first-order valence-corrected chi connectivity index (χ1v) is 8.72. The molecule has 1 aliphatic heterocycles. The zero-order valence-corrected chi connectivity index (χ0v) is 15.1. The molecule has 0 fully saturated rings. The number of rotatable bonds is 5. The van der Waals surface area contributed by atoms with Crippen LogP contribution in [0.15, 0.2) is 42.5 Å². The average molecular weight is 339 g/mol. The summed E-state index contributed by atoms with van der Waals surface area (Å²) >= 11 is 0. The molecule has 2 aromatic carbocycles. The topological polar surface area (TPSA) is 38.8 Å². The van der Waals surface area contributed by atoms with E-state index in [2.05, 4.69) is 12.1 Å². The summed E-state index contributed by atoms with van der Waals surface area (Å²) in [5, 5.41) is 0. The van der Waals surface area contributed by atoms with Crippen molar-refractivity contribution < 1.29 is 14.3 Å². The Balaban J connectivity index is 1.97.